The zero-order chi connectivity index (χ0) is 15.3. The fourth-order valence-electron chi connectivity index (χ4n) is 1.51. The number of aliphatic carboxylic acids is 1. The van der Waals surface area contributed by atoms with Crippen LogP contribution >= 0.6 is 0 Å². The molecule has 1 aromatic carbocycles. The Labute approximate surface area is 116 Å². The first-order chi connectivity index (χ1) is 9.40. The second-order valence-corrected chi connectivity index (χ2v) is 4.39. The highest BCUT2D eigenvalue weighted by Crippen LogP contribution is 2.18. The number of nitrogens with zero attached hydrogens (tertiary/aromatic N) is 2. The molecule has 0 saturated heterocycles. The van der Waals surface area contributed by atoms with Gasteiger partial charge in [0.05, 0.1) is 17.0 Å². The molecule has 0 aromatic heterocycles. The number of amides is 1. The van der Waals surface area contributed by atoms with Crippen LogP contribution in [0.25, 0.3) is 0 Å². The minimum Gasteiger partial charge on any atom is -0.481 e. The molecule has 1 amide bonds. The monoisotopic (exact) mass is 271 g/mol. The zero-order valence-electron chi connectivity index (χ0n) is 11.0. The summed E-state index contributed by atoms with van der Waals surface area (Å²) < 4.78 is 0. The molecule has 102 valence electrons. The molecule has 0 aliphatic heterocycles. The Morgan fingerprint density at radius 2 is 1.75 bits per heavy atom. The number of rotatable bonds is 4. The van der Waals surface area contributed by atoms with Crippen LogP contribution in [0.15, 0.2) is 18.2 Å². The third-order valence-corrected chi connectivity index (χ3v) is 3.08. The lowest BCUT2D eigenvalue weighted by atomic mass is 9.95. The summed E-state index contributed by atoms with van der Waals surface area (Å²) in [7, 11) is 0. The van der Waals surface area contributed by atoms with Crippen LogP contribution in [0.5, 0.6) is 0 Å². The van der Waals surface area contributed by atoms with Gasteiger partial charge in [-0.15, -0.1) is 0 Å². The van der Waals surface area contributed by atoms with Crippen LogP contribution in [0.2, 0.25) is 0 Å². The first kappa shape index (κ1) is 15.2. The van der Waals surface area contributed by atoms with Crippen molar-refractivity contribution in [2.75, 3.05) is 5.32 Å². The fourth-order valence-corrected chi connectivity index (χ4v) is 1.51. The van der Waals surface area contributed by atoms with Crippen LogP contribution in [-0.2, 0) is 9.59 Å². The van der Waals surface area contributed by atoms with Gasteiger partial charge in [0.1, 0.15) is 12.1 Å². The van der Waals surface area contributed by atoms with Crippen molar-refractivity contribution in [3.63, 3.8) is 0 Å². The molecule has 0 radical (unpaired) electrons. The van der Waals surface area contributed by atoms with Gasteiger partial charge in [-0.1, -0.05) is 13.8 Å². The van der Waals surface area contributed by atoms with Crippen molar-refractivity contribution in [3.8, 4) is 12.1 Å². The molecule has 2 N–H and O–H groups in total. The van der Waals surface area contributed by atoms with Crippen LogP contribution < -0.4 is 5.32 Å². The topological polar surface area (TPSA) is 114 Å². The molecule has 6 nitrogen and oxygen atoms in total. The summed E-state index contributed by atoms with van der Waals surface area (Å²) in [5, 5.41) is 29.1. The van der Waals surface area contributed by atoms with Crippen LogP contribution in [0.3, 0.4) is 0 Å². The minimum absolute atomic E-state index is 0.157. The third-order valence-electron chi connectivity index (χ3n) is 3.08. The molecule has 2 unspecified atom stereocenters. The molecule has 1 aromatic rings. The Balaban J connectivity index is 2.90. The maximum absolute atomic E-state index is 11.9. The van der Waals surface area contributed by atoms with E-state index in [1.165, 1.54) is 32.0 Å². The summed E-state index contributed by atoms with van der Waals surface area (Å²) in [5.74, 6) is -3.03. The summed E-state index contributed by atoms with van der Waals surface area (Å²) in [4.78, 5) is 22.7. The van der Waals surface area contributed by atoms with E-state index in [-0.39, 0.29) is 11.1 Å². The van der Waals surface area contributed by atoms with E-state index in [0.717, 1.165) is 0 Å². The molecular weight excluding hydrogens is 258 g/mol. The molecule has 0 fully saturated rings. The highest BCUT2D eigenvalue weighted by atomic mass is 16.4. The van der Waals surface area contributed by atoms with Crippen LogP contribution in [0, 0.1) is 34.5 Å². The smallest absolute Gasteiger partial charge is 0.307 e. The van der Waals surface area contributed by atoms with Gasteiger partial charge < -0.3 is 10.4 Å². The van der Waals surface area contributed by atoms with Crippen molar-refractivity contribution < 1.29 is 14.7 Å². The summed E-state index contributed by atoms with van der Waals surface area (Å²) in [6.45, 7) is 2.97. The Hall–Kier alpha value is -2.86. The largest absolute Gasteiger partial charge is 0.481 e. The standard InChI is InChI=1S/C14H13N3O3/c1-8(9(2)14(19)20)13(18)17-12-4-3-10(6-15)11(5-12)7-16/h3-5,8-9H,1-2H3,(H,17,18)(H,19,20). The molecule has 20 heavy (non-hydrogen) atoms. The number of hydrogen-bond acceptors (Lipinski definition) is 4. The molecule has 2 atom stereocenters. The predicted octanol–water partition coefficient (Wildman–Crippen LogP) is 1.73. The third kappa shape index (κ3) is 3.33. The summed E-state index contributed by atoms with van der Waals surface area (Å²) >= 11 is 0. The van der Waals surface area contributed by atoms with Crippen LogP contribution in [-0.4, -0.2) is 17.0 Å². The van der Waals surface area contributed by atoms with Crippen molar-refractivity contribution in [1.82, 2.24) is 0 Å². The highest BCUT2D eigenvalue weighted by molar-refractivity contribution is 5.95. The maximum atomic E-state index is 11.9. The number of carbonyl (C=O) groups is 2. The van der Waals surface area contributed by atoms with E-state index < -0.39 is 23.7 Å². The van der Waals surface area contributed by atoms with Crippen molar-refractivity contribution in [1.29, 1.82) is 10.5 Å². The van der Waals surface area contributed by atoms with Gasteiger partial charge in [0.25, 0.3) is 0 Å². The number of anilines is 1. The SMILES string of the molecule is CC(C(=O)O)C(C)C(=O)Nc1ccc(C#N)c(C#N)c1. The summed E-state index contributed by atoms with van der Waals surface area (Å²) in [5.41, 5.74) is 0.733. The van der Waals surface area contributed by atoms with Crippen molar-refractivity contribution in [2.24, 2.45) is 11.8 Å². The normalized spacial score (nSPS) is 12.6. The lowest BCUT2D eigenvalue weighted by Crippen LogP contribution is -2.29. The predicted molar refractivity (Wildman–Crippen MR) is 70.5 cm³/mol. The van der Waals surface area contributed by atoms with Crippen molar-refractivity contribution >= 4 is 17.6 Å². The number of nitriles is 2. The number of carboxylic acid groups (broad SMARTS) is 1. The number of carboxylic acids is 1. The zero-order valence-corrected chi connectivity index (χ0v) is 11.0. The molecule has 6 heteroatoms. The summed E-state index contributed by atoms with van der Waals surface area (Å²) in [6, 6.07) is 8.04. The van der Waals surface area contributed by atoms with Crippen molar-refractivity contribution in [2.45, 2.75) is 13.8 Å². The van der Waals surface area contributed by atoms with Crippen molar-refractivity contribution in [3.05, 3.63) is 29.3 Å². The Morgan fingerprint density at radius 3 is 2.25 bits per heavy atom. The number of nitrogens with one attached hydrogen (secondary N) is 1. The molecule has 0 heterocycles. The Kier molecular flexibility index (Phi) is 4.82. The van der Waals surface area contributed by atoms with E-state index >= 15 is 0 Å². The molecule has 0 bridgehead atoms. The van der Waals surface area contributed by atoms with Gasteiger partial charge >= 0.3 is 5.97 Å². The Bertz CT molecular complexity index is 626. The van der Waals surface area contributed by atoms with Gasteiger partial charge in [0, 0.05) is 11.6 Å². The molecule has 0 saturated carbocycles. The number of carbonyl (C=O) groups excluding carboxylic acids is 1. The van der Waals surface area contributed by atoms with Crippen LogP contribution in [0.1, 0.15) is 25.0 Å². The van der Waals surface area contributed by atoms with E-state index in [4.69, 9.17) is 15.6 Å². The Morgan fingerprint density at radius 1 is 1.15 bits per heavy atom. The van der Waals surface area contributed by atoms with Crippen LogP contribution in [0.4, 0.5) is 5.69 Å². The van der Waals surface area contributed by atoms with E-state index in [0.29, 0.717) is 5.69 Å². The second kappa shape index (κ2) is 6.35. The quantitative estimate of drug-likeness (QED) is 0.865. The molecule has 0 aliphatic rings. The molecule has 0 spiro atoms. The lowest BCUT2D eigenvalue weighted by Gasteiger charge is -2.15. The van der Waals surface area contributed by atoms with Gasteiger partial charge in [-0.25, -0.2) is 0 Å². The van der Waals surface area contributed by atoms with Gasteiger partial charge in [-0.3, -0.25) is 9.59 Å². The van der Waals surface area contributed by atoms with Gasteiger partial charge in [-0.05, 0) is 18.2 Å². The molecular formula is C14H13N3O3. The van der Waals surface area contributed by atoms with E-state index in [9.17, 15) is 9.59 Å². The van der Waals surface area contributed by atoms with E-state index in [1.807, 2.05) is 12.1 Å². The average Bonchev–Trinajstić information content (AvgIpc) is 2.45. The number of hydrogen-bond donors (Lipinski definition) is 2. The summed E-state index contributed by atoms with van der Waals surface area (Å²) in [6.07, 6.45) is 0. The second-order valence-electron chi connectivity index (χ2n) is 4.39. The maximum Gasteiger partial charge on any atom is 0.307 e. The van der Waals surface area contributed by atoms with Gasteiger partial charge in [0.15, 0.2) is 0 Å². The van der Waals surface area contributed by atoms with Gasteiger partial charge in [0.2, 0.25) is 5.91 Å². The van der Waals surface area contributed by atoms with E-state index in [1.54, 1.807) is 0 Å². The highest BCUT2D eigenvalue weighted by Gasteiger charge is 2.25. The molecule has 0 aliphatic carbocycles. The average molecular weight is 271 g/mol. The van der Waals surface area contributed by atoms with E-state index in [2.05, 4.69) is 5.32 Å². The number of benzene rings is 1. The minimum atomic E-state index is -1.05. The van der Waals surface area contributed by atoms with Gasteiger partial charge in [-0.2, -0.15) is 10.5 Å². The lowest BCUT2D eigenvalue weighted by molar-refractivity contribution is -0.145. The molecule has 1 rings (SSSR count). The first-order valence-electron chi connectivity index (χ1n) is 5.88. The first-order valence-corrected chi connectivity index (χ1v) is 5.88. The fraction of sp³-hybridized carbons (Fsp3) is 0.286.